The smallest absolute Gasteiger partial charge is 0.167 e. The minimum Gasteiger partial charge on any atom is -0.334 e. The van der Waals surface area contributed by atoms with E-state index in [9.17, 15) is 0 Å². The van der Waals surface area contributed by atoms with Crippen LogP contribution in [0, 0.1) is 6.92 Å². The van der Waals surface area contributed by atoms with E-state index in [0.29, 0.717) is 0 Å². The number of rotatable bonds is 0. The van der Waals surface area contributed by atoms with Gasteiger partial charge in [-0.2, -0.15) is 0 Å². The summed E-state index contributed by atoms with van der Waals surface area (Å²) in [5.41, 5.74) is 1.32. The van der Waals surface area contributed by atoms with Gasteiger partial charge in [-0.15, -0.1) is 0 Å². The van der Waals surface area contributed by atoms with Gasteiger partial charge in [0.2, 0.25) is 0 Å². The Bertz CT molecular complexity index is 232. The van der Waals surface area contributed by atoms with Crippen molar-refractivity contribution in [2.24, 2.45) is 0 Å². The molecule has 1 heterocycles. The van der Waals surface area contributed by atoms with Crippen LogP contribution in [0.2, 0.25) is 0 Å². The maximum absolute atomic E-state index is 5.12. The summed E-state index contributed by atoms with van der Waals surface area (Å²) in [6.07, 6.45) is 1.06. The molecule has 0 atom stereocenters. The molecule has 0 spiro atoms. The minimum atomic E-state index is -0.492. The fraction of sp³-hybridized carbons (Fsp3) is 0.455. The second kappa shape index (κ2) is 6.94. The van der Waals surface area contributed by atoms with E-state index in [1.54, 1.807) is 0 Å². The van der Waals surface area contributed by atoms with Crippen LogP contribution >= 0.6 is 8.38 Å². The van der Waals surface area contributed by atoms with Gasteiger partial charge in [0.25, 0.3) is 0 Å². The van der Waals surface area contributed by atoms with Gasteiger partial charge in [-0.05, 0) is 13.3 Å². The second-order valence-electron chi connectivity index (χ2n) is 3.11. The molecule has 0 aliphatic carbocycles. The van der Waals surface area contributed by atoms with E-state index in [-0.39, 0.29) is 0 Å². The molecular formula is C11H17O2P. The van der Waals surface area contributed by atoms with Crippen LogP contribution in [0.1, 0.15) is 12.0 Å². The van der Waals surface area contributed by atoms with Crippen molar-refractivity contribution in [1.82, 2.24) is 0 Å². The lowest BCUT2D eigenvalue weighted by molar-refractivity contribution is 0.185. The van der Waals surface area contributed by atoms with Gasteiger partial charge >= 0.3 is 0 Å². The molecule has 1 aromatic carbocycles. The van der Waals surface area contributed by atoms with E-state index in [0.717, 1.165) is 19.6 Å². The molecule has 1 aromatic rings. The zero-order valence-corrected chi connectivity index (χ0v) is 9.67. The molecule has 2 rings (SSSR count). The third-order valence-corrected chi connectivity index (χ3v) is 2.87. The summed E-state index contributed by atoms with van der Waals surface area (Å²) < 4.78 is 10.2. The molecule has 1 aliphatic rings. The van der Waals surface area contributed by atoms with Gasteiger partial charge in [0.1, 0.15) is 0 Å². The molecule has 0 amide bonds. The van der Waals surface area contributed by atoms with Crippen molar-refractivity contribution in [2.45, 2.75) is 13.3 Å². The van der Waals surface area contributed by atoms with E-state index in [1.165, 1.54) is 5.56 Å². The second-order valence-corrected chi connectivity index (χ2v) is 4.51. The third kappa shape index (κ3) is 5.33. The van der Waals surface area contributed by atoms with Crippen LogP contribution < -0.4 is 0 Å². The highest BCUT2D eigenvalue weighted by atomic mass is 31.2. The SMILES string of the molecule is CP1OCCCO1.Cc1ccccc1. The fourth-order valence-corrected chi connectivity index (χ4v) is 1.86. The first-order valence-corrected chi connectivity index (χ1v) is 6.43. The third-order valence-electron chi connectivity index (χ3n) is 1.78. The van der Waals surface area contributed by atoms with E-state index in [2.05, 4.69) is 19.1 Å². The standard InChI is InChI=1S/C7H8.C4H9O2P/c2*1-7-5-3-2-4-6-7/h2-6H,1H3;2-4H2,1H3. The first-order chi connectivity index (χ1) is 6.79. The molecule has 0 bridgehead atoms. The average Bonchev–Trinajstić information content (AvgIpc) is 2.21. The van der Waals surface area contributed by atoms with Gasteiger partial charge < -0.3 is 9.05 Å². The summed E-state index contributed by atoms with van der Waals surface area (Å²) in [6.45, 7) is 5.85. The number of aryl methyl sites for hydroxylation is 1. The molecule has 14 heavy (non-hydrogen) atoms. The van der Waals surface area contributed by atoms with Crippen LogP contribution in [0.5, 0.6) is 0 Å². The van der Waals surface area contributed by atoms with Crippen molar-refractivity contribution in [1.29, 1.82) is 0 Å². The highest BCUT2D eigenvalue weighted by Gasteiger charge is 2.06. The molecule has 0 aromatic heterocycles. The Morgan fingerprint density at radius 3 is 1.93 bits per heavy atom. The molecule has 0 radical (unpaired) electrons. The van der Waals surface area contributed by atoms with Crippen molar-refractivity contribution in [3.63, 3.8) is 0 Å². The van der Waals surface area contributed by atoms with Crippen LogP contribution in [-0.4, -0.2) is 19.9 Å². The Labute approximate surface area is 87.2 Å². The molecule has 1 saturated heterocycles. The Morgan fingerprint density at radius 1 is 1.07 bits per heavy atom. The molecule has 2 nitrogen and oxygen atoms in total. The largest absolute Gasteiger partial charge is 0.334 e. The highest BCUT2D eigenvalue weighted by molar-refractivity contribution is 7.46. The summed E-state index contributed by atoms with van der Waals surface area (Å²) in [6, 6.07) is 10.3. The summed E-state index contributed by atoms with van der Waals surface area (Å²) in [5.74, 6) is 0. The average molecular weight is 212 g/mol. The van der Waals surface area contributed by atoms with Crippen molar-refractivity contribution in [2.75, 3.05) is 19.9 Å². The van der Waals surface area contributed by atoms with Gasteiger partial charge in [-0.25, -0.2) is 0 Å². The van der Waals surface area contributed by atoms with Crippen LogP contribution in [0.25, 0.3) is 0 Å². The first-order valence-electron chi connectivity index (χ1n) is 4.80. The molecule has 0 saturated carbocycles. The van der Waals surface area contributed by atoms with Crippen LogP contribution in [0.3, 0.4) is 0 Å². The first kappa shape index (κ1) is 11.6. The van der Waals surface area contributed by atoms with E-state index >= 15 is 0 Å². The summed E-state index contributed by atoms with van der Waals surface area (Å²) in [7, 11) is -0.492. The van der Waals surface area contributed by atoms with Crippen LogP contribution in [-0.2, 0) is 9.05 Å². The Balaban J connectivity index is 0.000000140. The summed E-state index contributed by atoms with van der Waals surface area (Å²) in [4.78, 5) is 0. The Morgan fingerprint density at radius 2 is 1.64 bits per heavy atom. The van der Waals surface area contributed by atoms with E-state index < -0.39 is 8.38 Å². The van der Waals surface area contributed by atoms with Crippen LogP contribution in [0.4, 0.5) is 0 Å². The van der Waals surface area contributed by atoms with Gasteiger partial charge in [0.05, 0.1) is 13.2 Å². The molecule has 3 heteroatoms. The van der Waals surface area contributed by atoms with E-state index in [4.69, 9.17) is 9.05 Å². The van der Waals surface area contributed by atoms with Crippen molar-refractivity contribution >= 4 is 8.38 Å². The molecular weight excluding hydrogens is 195 g/mol. The lowest BCUT2D eigenvalue weighted by Crippen LogP contribution is -2.03. The maximum Gasteiger partial charge on any atom is 0.167 e. The quantitative estimate of drug-likeness (QED) is 0.614. The zero-order valence-electron chi connectivity index (χ0n) is 8.77. The number of benzene rings is 1. The fourth-order valence-electron chi connectivity index (χ4n) is 1.02. The molecule has 0 N–H and O–H groups in total. The molecule has 0 unspecified atom stereocenters. The molecule has 1 aliphatic heterocycles. The predicted molar refractivity (Wildman–Crippen MR) is 60.5 cm³/mol. The maximum atomic E-state index is 5.12. The van der Waals surface area contributed by atoms with Crippen molar-refractivity contribution in [3.8, 4) is 0 Å². The summed E-state index contributed by atoms with van der Waals surface area (Å²) in [5, 5.41) is 0. The number of hydrogen-bond acceptors (Lipinski definition) is 2. The van der Waals surface area contributed by atoms with Crippen molar-refractivity contribution < 1.29 is 9.05 Å². The van der Waals surface area contributed by atoms with Gasteiger partial charge in [-0.1, -0.05) is 35.9 Å². The highest BCUT2D eigenvalue weighted by Crippen LogP contribution is 2.36. The van der Waals surface area contributed by atoms with Crippen LogP contribution in [0.15, 0.2) is 30.3 Å². The Kier molecular flexibility index (Phi) is 5.77. The van der Waals surface area contributed by atoms with E-state index in [1.807, 2.05) is 24.9 Å². The van der Waals surface area contributed by atoms with Crippen molar-refractivity contribution in [3.05, 3.63) is 35.9 Å². The monoisotopic (exact) mass is 212 g/mol. The Hall–Kier alpha value is -0.430. The predicted octanol–water partition coefficient (Wildman–Crippen LogP) is 3.36. The lowest BCUT2D eigenvalue weighted by Gasteiger charge is -2.17. The molecule has 1 fully saturated rings. The minimum absolute atomic E-state index is 0.492. The van der Waals surface area contributed by atoms with Gasteiger partial charge in [0, 0.05) is 6.66 Å². The topological polar surface area (TPSA) is 18.5 Å². The molecule has 78 valence electrons. The lowest BCUT2D eigenvalue weighted by atomic mass is 10.2. The normalized spacial score (nSPS) is 17.0. The van der Waals surface area contributed by atoms with Gasteiger partial charge in [-0.3, -0.25) is 0 Å². The zero-order chi connectivity index (χ0) is 10.2. The number of hydrogen-bond donors (Lipinski definition) is 0. The van der Waals surface area contributed by atoms with Gasteiger partial charge in [0.15, 0.2) is 8.38 Å². The summed E-state index contributed by atoms with van der Waals surface area (Å²) >= 11 is 0.